The average molecular weight is 216 g/mol. The number of aliphatic hydroxyl groups is 1. The summed E-state index contributed by atoms with van der Waals surface area (Å²) in [6.45, 7) is 3.25. The van der Waals surface area contributed by atoms with Crippen LogP contribution in [0, 0.1) is 0 Å². The van der Waals surface area contributed by atoms with Crippen LogP contribution < -0.4 is 5.32 Å². The molecule has 0 aromatic heterocycles. The number of unbranched alkanes of at least 4 members (excludes halogenated alkanes) is 2. The second-order valence-corrected chi connectivity index (χ2v) is 3.88. The molecule has 1 aliphatic heterocycles. The lowest BCUT2D eigenvalue weighted by molar-refractivity contribution is -0.143. The summed E-state index contributed by atoms with van der Waals surface area (Å²) in [5.41, 5.74) is 0. The van der Waals surface area contributed by atoms with Crippen LogP contribution >= 0.6 is 0 Å². The van der Waals surface area contributed by atoms with Crippen LogP contribution in [0.3, 0.4) is 0 Å². The molecule has 0 bridgehead atoms. The van der Waals surface area contributed by atoms with E-state index in [0.29, 0.717) is 6.54 Å². The number of piperazine rings is 1. The summed E-state index contributed by atoms with van der Waals surface area (Å²) in [6, 6.07) is -0.382. The van der Waals surface area contributed by atoms with Gasteiger partial charge in [0, 0.05) is 26.2 Å². The number of hydrogen-bond donors (Lipinski definition) is 3. The smallest absolute Gasteiger partial charge is 0.322 e. The Hall–Kier alpha value is -0.650. The second-order valence-electron chi connectivity index (χ2n) is 3.88. The molecule has 1 heterocycles. The minimum Gasteiger partial charge on any atom is -0.480 e. The van der Waals surface area contributed by atoms with Gasteiger partial charge in [-0.2, -0.15) is 0 Å². The number of aliphatic hydroxyl groups excluding tert-OH is 1. The van der Waals surface area contributed by atoms with Crippen molar-refractivity contribution in [1.29, 1.82) is 0 Å². The highest BCUT2D eigenvalue weighted by Gasteiger charge is 2.27. The Labute approximate surface area is 90.1 Å². The zero-order valence-electron chi connectivity index (χ0n) is 8.98. The minimum absolute atomic E-state index is 0.226. The molecule has 1 fully saturated rings. The molecule has 0 aliphatic carbocycles. The molecule has 0 radical (unpaired) electrons. The summed E-state index contributed by atoms with van der Waals surface area (Å²) >= 11 is 0. The Balaban J connectivity index is 2.26. The Morgan fingerprint density at radius 1 is 1.40 bits per heavy atom. The largest absolute Gasteiger partial charge is 0.480 e. The first-order chi connectivity index (χ1) is 7.25. The van der Waals surface area contributed by atoms with Gasteiger partial charge in [-0.15, -0.1) is 0 Å². The summed E-state index contributed by atoms with van der Waals surface area (Å²) in [6.07, 6.45) is 2.74. The van der Waals surface area contributed by atoms with Gasteiger partial charge in [-0.3, -0.25) is 9.69 Å². The Bertz CT molecular complexity index is 199. The van der Waals surface area contributed by atoms with E-state index in [-0.39, 0.29) is 12.6 Å². The lowest BCUT2D eigenvalue weighted by Crippen LogP contribution is -2.55. The van der Waals surface area contributed by atoms with Crippen molar-refractivity contribution in [3.8, 4) is 0 Å². The summed E-state index contributed by atoms with van der Waals surface area (Å²) in [4.78, 5) is 12.9. The highest BCUT2D eigenvalue weighted by atomic mass is 16.4. The standard InChI is InChI=1S/C10H20N2O3/c13-7-3-1-2-5-12-6-4-11-8-9(12)10(14)15/h9,11,13H,1-8H2,(H,14,15). The molecule has 0 aromatic rings. The number of carboxylic acid groups (broad SMARTS) is 1. The highest BCUT2D eigenvalue weighted by Crippen LogP contribution is 2.06. The molecule has 1 unspecified atom stereocenters. The molecule has 1 saturated heterocycles. The molecule has 3 N–H and O–H groups in total. The van der Waals surface area contributed by atoms with Crippen molar-refractivity contribution in [3.05, 3.63) is 0 Å². The SMILES string of the molecule is O=C(O)C1CNCCN1CCCCCO. The molecule has 0 saturated carbocycles. The molecular weight excluding hydrogens is 196 g/mol. The van der Waals surface area contributed by atoms with Gasteiger partial charge in [0.2, 0.25) is 0 Å². The van der Waals surface area contributed by atoms with Crippen LogP contribution in [0.25, 0.3) is 0 Å². The maximum Gasteiger partial charge on any atom is 0.322 e. The van der Waals surface area contributed by atoms with Crippen LogP contribution in [0.4, 0.5) is 0 Å². The summed E-state index contributed by atoms with van der Waals surface area (Å²) in [7, 11) is 0. The van der Waals surface area contributed by atoms with Crippen molar-refractivity contribution in [2.24, 2.45) is 0 Å². The Kier molecular flexibility index (Phi) is 5.60. The van der Waals surface area contributed by atoms with Crippen LogP contribution in [0.5, 0.6) is 0 Å². The van der Waals surface area contributed by atoms with Crippen LogP contribution in [0.15, 0.2) is 0 Å². The fourth-order valence-electron chi connectivity index (χ4n) is 1.86. The lowest BCUT2D eigenvalue weighted by Gasteiger charge is -2.33. The Morgan fingerprint density at radius 2 is 2.20 bits per heavy atom. The van der Waals surface area contributed by atoms with Crippen molar-refractivity contribution in [2.75, 3.05) is 32.8 Å². The number of nitrogens with zero attached hydrogens (tertiary/aromatic N) is 1. The van der Waals surface area contributed by atoms with Crippen LogP contribution in [0.2, 0.25) is 0 Å². The van der Waals surface area contributed by atoms with Crippen molar-refractivity contribution in [1.82, 2.24) is 10.2 Å². The molecule has 5 nitrogen and oxygen atoms in total. The van der Waals surface area contributed by atoms with E-state index in [0.717, 1.165) is 38.9 Å². The van der Waals surface area contributed by atoms with Gasteiger partial charge >= 0.3 is 5.97 Å². The quantitative estimate of drug-likeness (QED) is 0.522. The summed E-state index contributed by atoms with van der Waals surface area (Å²) in [5, 5.41) is 20.7. The topological polar surface area (TPSA) is 72.8 Å². The highest BCUT2D eigenvalue weighted by molar-refractivity contribution is 5.73. The van der Waals surface area contributed by atoms with Crippen LogP contribution in [0.1, 0.15) is 19.3 Å². The molecule has 1 atom stereocenters. The summed E-state index contributed by atoms with van der Waals surface area (Å²) < 4.78 is 0. The monoisotopic (exact) mass is 216 g/mol. The van der Waals surface area contributed by atoms with Crippen molar-refractivity contribution < 1.29 is 15.0 Å². The minimum atomic E-state index is -0.746. The van der Waals surface area contributed by atoms with Crippen molar-refractivity contribution in [3.63, 3.8) is 0 Å². The molecule has 0 amide bonds. The van der Waals surface area contributed by atoms with E-state index in [2.05, 4.69) is 5.32 Å². The average Bonchev–Trinajstić information content (AvgIpc) is 2.25. The number of carboxylic acids is 1. The lowest BCUT2D eigenvalue weighted by atomic mass is 10.1. The van der Waals surface area contributed by atoms with Gasteiger partial charge in [0.25, 0.3) is 0 Å². The molecule has 5 heteroatoms. The van der Waals surface area contributed by atoms with Gasteiger partial charge in [-0.1, -0.05) is 0 Å². The Morgan fingerprint density at radius 3 is 2.87 bits per heavy atom. The van der Waals surface area contributed by atoms with Gasteiger partial charge in [0.15, 0.2) is 0 Å². The first-order valence-electron chi connectivity index (χ1n) is 5.54. The fourth-order valence-corrected chi connectivity index (χ4v) is 1.86. The predicted molar refractivity (Wildman–Crippen MR) is 56.8 cm³/mol. The first kappa shape index (κ1) is 12.4. The van der Waals surface area contributed by atoms with E-state index < -0.39 is 5.97 Å². The zero-order chi connectivity index (χ0) is 11.1. The second kappa shape index (κ2) is 6.76. The van der Waals surface area contributed by atoms with E-state index in [9.17, 15) is 4.79 Å². The number of hydrogen-bond acceptors (Lipinski definition) is 4. The van der Waals surface area contributed by atoms with E-state index in [4.69, 9.17) is 10.2 Å². The molecule has 0 spiro atoms. The van der Waals surface area contributed by atoms with Crippen molar-refractivity contribution in [2.45, 2.75) is 25.3 Å². The van der Waals surface area contributed by atoms with Crippen LogP contribution in [-0.4, -0.2) is 59.9 Å². The predicted octanol–water partition coefficient (Wildman–Crippen LogP) is -0.493. The van der Waals surface area contributed by atoms with Gasteiger partial charge < -0.3 is 15.5 Å². The molecule has 1 aliphatic rings. The van der Waals surface area contributed by atoms with Crippen LogP contribution in [-0.2, 0) is 4.79 Å². The van der Waals surface area contributed by atoms with Crippen molar-refractivity contribution >= 4 is 5.97 Å². The normalized spacial score (nSPS) is 22.9. The van der Waals surface area contributed by atoms with E-state index in [1.807, 2.05) is 4.90 Å². The first-order valence-corrected chi connectivity index (χ1v) is 5.54. The molecular formula is C10H20N2O3. The fraction of sp³-hybridized carbons (Fsp3) is 0.900. The van der Waals surface area contributed by atoms with Gasteiger partial charge in [0.05, 0.1) is 0 Å². The van der Waals surface area contributed by atoms with Gasteiger partial charge in [0.1, 0.15) is 6.04 Å². The van der Waals surface area contributed by atoms with E-state index in [1.54, 1.807) is 0 Å². The summed E-state index contributed by atoms with van der Waals surface area (Å²) in [5.74, 6) is -0.746. The van der Waals surface area contributed by atoms with E-state index >= 15 is 0 Å². The molecule has 1 rings (SSSR count). The number of aliphatic carboxylic acids is 1. The molecule has 88 valence electrons. The van der Waals surface area contributed by atoms with E-state index in [1.165, 1.54) is 0 Å². The van der Waals surface area contributed by atoms with Gasteiger partial charge in [-0.05, 0) is 25.8 Å². The number of nitrogens with one attached hydrogen (secondary N) is 1. The van der Waals surface area contributed by atoms with Gasteiger partial charge in [-0.25, -0.2) is 0 Å². The zero-order valence-corrected chi connectivity index (χ0v) is 8.98. The third-order valence-electron chi connectivity index (χ3n) is 2.74. The molecule has 15 heavy (non-hydrogen) atoms. The maximum absolute atomic E-state index is 10.9. The third-order valence-corrected chi connectivity index (χ3v) is 2.74. The molecule has 0 aromatic carbocycles. The maximum atomic E-state index is 10.9. The third kappa shape index (κ3) is 4.15. The number of carbonyl (C=O) groups is 1. The number of rotatable bonds is 6.